The smallest absolute Gasteiger partial charge is 0.269 e. The number of carbonyl (C=O) groups is 1. The van der Waals surface area contributed by atoms with Crippen LogP contribution in [-0.2, 0) is 18.4 Å². The lowest BCUT2D eigenvalue weighted by atomic mass is 10.2. The van der Waals surface area contributed by atoms with Crippen molar-refractivity contribution in [1.82, 2.24) is 9.55 Å². The first kappa shape index (κ1) is 17.0. The fourth-order valence-corrected chi connectivity index (χ4v) is 2.69. The molecule has 1 amide bonds. The topological polar surface area (TPSA) is 74.6 Å². The molecule has 1 aromatic heterocycles. The minimum Gasteiger partial charge on any atom is -0.486 e. The van der Waals surface area contributed by atoms with E-state index in [1.54, 1.807) is 36.5 Å². The van der Waals surface area contributed by atoms with Crippen LogP contribution in [0.3, 0.4) is 0 Å². The summed E-state index contributed by atoms with van der Waals surface area (Å²) in [6.45, 7) is 0.551. The summed E-state index contributed by atoms with van der Waals surface area (Å²) >= 11 is 0. The number of ether oxygens (including phenoxy) is 3. The Morgan fingerprint density at radius 1 is 1.22 bits per heavy atom. The van der Waals surface area contributed by atoms with Crippen molar-refractivity contribution in [1.29, 1.82) is 0 Å². The molecule has 0 fully saturated rings. The highest BCUT2D eigenvalue weighted by atomic mass is 16.6. The number of nitrogens with zero attached hydrogens (tertiary/aromatic N) is 2. The molecule has 1 N–H and O–H groups in total. The molecule has 0 saturated carbocycles. The number of hydrogen-bond donors (Lipinski definition) is 1. The number of amides is 1. The Labute approximate surface area is 156 Å². The van der Waals surface area contributed by atoms with Crippen molar-refractivity contribution in [3.05, 3.63) is 66.7 Å². The van der Waals surface area contributed by atoms with Crippen molar-refractivity contribution in [2.45, 2.75) is 12.7 Å². The molecule has 1 atom stereocenters. The van der Waals surface area contributed by atoms with Gasteiger partial charge in [0.2, 0.25) is 6.10 Å². The lowest BCUT2D eigenvalue weighted by Crippen LogP contribution is -2.40. The number of imidazole rings is 1. The van der Waals surface area contributed by atoms with Gasteiger partial charge in [0, 0.05) is 25.1 Å². The molecule has 138 valence electrons. The maximum atomic E-state index is 12.4. The van der Waals surface area contributed by atoms with Crippen molar-refractivity contribution in [3.8, 4) is 17.2 Å². The average Bonchev–Trinajstić information content (AvgIpc) is 3.12. The number of aromatic nitrogens is 2. The quantitative estimate of drug-likeness (QED) is 0.753. The number of para-hydroxylation sites is 2. The van der Waals surface area contributed by atoms with Crippen LogP contribution in [0.15, 0.2) is 60.9 Å². The van der Waals surface area contributed by atoms with Crippen LogP contribution in [0.1, 0.15) is 5.82 Å². The van der Waals surface area contributed by atoms with Gasteiger partial charge in [-0.2, -0.15) is 0 Å². The number of rotatable bonds is 5. The molecule has 1 aliphatic heterocycles. The van der Waals surface area contributed by atoms with Gasteiger partial charge in [0.1, 0.15) is 24.8 Å². The third kappa shape index (κ3) is 3.87. The van der Waals surface area contributed by atoms with Crippen LogP contribution in [0.5, 0.6) is 17.2 Å². The molecular weight excluding hydrogens is 346 g/mol. The summed E-state index contributed by atoms with van der Waals surface area (Å²) in [5, 5.41) is 2.83. The minimum atomic E-state index is -0.695. The molecule has 0 radical (unpaired) electrons. The zero-order valence-corrected chi connectivity index (χ0v) is 14.8. The van der Waals surface area contributed by atoms with Gasteiger partial charge in [-0.15, -0.1) is 0 Å². The zero-order valence-electron chi connectivity index (χ0n) is 14.8. The molecule has 2 heterocycles. The Balaban J connectivity index is 1.33. The second-order valence-corrected chi connectivity index (χ2v) is 6.12. The first-order valence-corrected chi connectivity index (χ1v) is 8.57. The van der Waals surface area contributed by atoms with Gasteiger partial charge in [0.25, 0.3) is 5.91 Å². The van der Waals surface area contributed by atoms with Gasteiger partial charge in [0.15, 0.2) is 11.5 Å². The number of aryl methyl sites for hydroxylation is 1. The van der Waals surface area contributed by atoms with Gasteiger partial charge < -0.3 is 24.1 Å². The molecule has 4 rings (SSSR count). The molecule has 1 aliphatic rings. The van der Waals surface area contributed by atoms with E-state index in [9.17, 15) is 4.79 Å². The second kappa shape index (κ2) is 7.41. The van der Waals surface area contributed by atoms with E-state index in [4.69, 9.17) is 14.2 Å². The lowest BCUT2D eigenvalue weighted by molar-refractivity contribution is -0.125. The first-order valence-electron chi connectivity index (χ1n) is 8.57. The lowest BCUT2D eigenvalue weighted by Gasteiger charge is -2.25. The summed E-state index contributed by atoms with van der Waals surface area (Å²) in [5.74, 6) is 2.49. The zero-order chi connectivity index (χ0) is 18.6. The van der Waals surface area contributed by atoms with Crippen molar-refractivity contribution in [2.75, 3.05) is 11.9 Å². The Morgan fingerprint density at radius 2 is 2.00 bits per heavy atom. The average molecular weight is 365 g/mol. The number of nitrogens with one attached hydrogen (secondary N) is 1. The Bertz CT molecular complexity index is 936. The van der Waals surface area contributed by atoms with E-state index >= 15 is 0 Å². The molecule has 3 aromatic rings. The fourth-order valence-electron chi connectivity index (χ4n) is 2.69. The van der Waals surface area contributed by atoms with Crippen LogP contribution >= 0.6 is 0 Å². The van der Waals surface area contributed by atoms with Crippen LogP contribution in [-0.4, -0.2) is 28.2 Å². The van der Waals surface area contributed by atoms with E-state index < -0.39 is 6.10 Å². The van der Waals surface area contributed by atoms with Gasteiger partial charge in [-0.3, -0.25) is 4.79 Å². The van der Waals surface area contributed by atoms with E-state index in [1.807, 2.05) is 36.0 Å². The molecule has 2 aromatic carbocycles. The molecule has 27 heavy (non-hydrogen) atoms. The van der Waals surface area contributed by atoms with Crippen molar-refractivity contribution >= 4 is 11.6 Å². The molecule has 0 aliphatic carbocycles. The van der Waals surface area contributed by atoms with Crippen molar-refractivity contribution < 1.29 is 19.0 Å². The largest absolute Gasteiger partial charge is 0.486 e. The summed E-state index contributed by atoms with van der Waals surface area (Å²) < 4.78 is 18.9. The van der Waals surface area contributed by atoms with Crippen molar-refractivity contribution in [3.63, 3.8) is 0 Å². The summed E-state index contributed by atoms with van der Waals surface area (Å²) in [4.78, 5) is 16.6. The number of carbonyl (C=O) groups excluding carboxylic acids is 1. The summed E-state index contributed by atoms with van der Waals surface area (Å²) in [6, 6.07) is 14.5. The maximum absolute atomic E-state index is 12.4. The van der Waals surface area contributed by atoms with Crippen LogP contribution in [0.2, 0.25) is 0 Å². The van der Waals surface area contributed by atoms with E-state index in [-0.39, 0.29) is 12.5 Å². The predicted octanol–water partition coefficient (Wildman–Crippen LogP) is 2.78. The number of fused-ring (bicyclic) bond motifs is 1. The highest BCUT2D eigenvalue weighted by molar-refractivity contribution is 5.94. The van der Waals surface area contributed by atoms with E-state index in [2.05, 4.69) is 10.3 Å². The Hall–Kier alpha value is -3.48. The fraction of sp³-hybridized carbons (Fsp3) is 0.200. The first-order chi connectivity index (χ1) is 13.2. The standard InChI is InChI=1S/C20H19N3O4/c1-23-11-10-21-19(23)13-25-15-8-6-14(7-9-15)22-20(24)18-12-26-16-4-2-3-5-17(16)27-18/h2-11,18H,12-13H2,1H3,(H,22,24). The highest BCUT2D eigenvalue weighted by Crippen LogP contribution is 2.31. The van der Waals surface area contributed by atoms with Gasteiger partial charge in [0.05, 0.1) is 0 Å². The molecular formula is C20H19N3O4. The van der Waals surface area contributed by atoms with Crippen LogP contribution < -0.4 is 19.5 Å². The van der Waals surface area contributed by atoms with E-state index in [0.717, 1.165) is 5.82 Å². The van der Waals surface area contributed by atoms with Gasteiger partial charge >= 0.3 is 0 Å². The van der Waals surface area contributed by atoms with Crippen LogP contribution in [0, 0.1) is 0 Å². The van der Waals surface area contributed by atoms with Crippen LogP contribution in [0.25, 0.3) is 0 Å². The third-order valence-corrected chi connectivity index (χ3v) is 4.21. The molecule has 0 bridgehead atoms. The predicted molar refractivity (Wildman–Crippen MR) is 99.0 cm³/mol. The van der Waals surface area contributed by atoms with Gasteiger partial charge in [-0.05, 0) is 36.4 Å². The number of benzene rings is 2. The van der Waals surface area contributed by atoms with Crippen molar-refractivity contribution in [2.24, 2.45) is 7.05 Å². The van der Waals surface area contributed by atoms with Gasteiger partial charge in [-0.1, -0.05) is 12.1 Å². The summed E-state index contributed by atoms with van der Waals surface area (Å²) in [5.41, 5.74) is 0.659. The van der Waals surface area contributed by atoms with Gasteiger partial charge in [-0.25, -0.2) is 4.98 Å². The summed E-state index contributed by atoms with van der Waals surface area (Å²) in [7, 11) is 1.92. The van der Waals surface area contributed by atoms with E-state index in [0.29, 0.717) is 29.5 Å². The monoisotopic (exact) mass is 365 g/mol. The third-order valence-electron chi connectivity index (χ3n) is 4.21. The molecule has 0 spiro atoms. The number of hydrogen-bond acceptors (Lipinski definition) is 5. The highest BCUT2D eigenvalue weighted by Gasteiger charge is 2.27. The molecule has 1 unspecified atom stereocenters. The Kier molecular flexibility index (Phi) is 4.65. The second-order valence-electron chi connectivity index (χ2n) is 6.12. The minimum absolute atomic E-state index is 0.174. The summed E-state index contributed by atoms with van der Waals surface area (Å²) in [6.07, 6.45) is 2.90. The molecule has 0 saturated heterocycles. The molecule has 7 heteroatoms. The SMILES string of the molecule is Cn1ccnc1COc1ccc(NC(=O)C2COc3ccccc3O2)cc1. The Morgan fingerprint density at radius 3 is 2.74 bits per heavy atom. The number of anilines is 1. The molecule has 7 nitrogen and oxygen atoms in total. The van der Waals surface area contributed by atoms with E-state index in [1.165, 1.54) is 0 Å². The maximum Gasteiger partial charge on any atom is 0.269 e. The van der Waals surface area contributed by atoms with Crippen LogP contribution in [0.4, 0.5) is 5.69 Å². The normalized spacial score (nSPS) is 15.2.